The number of rotatable bonds is 2. The van der Waals surface area contributed by atoms with Gasteiger partial charge in [-0.25, -0.2) is 0 Å². The highest BCUT2D eigenvalue weighted by molar-refractivity contribution is 9.10. The van der Waals surface area contributed by atoms with Crippen molar-refractivity contribution in [1.29, 1.82) is 0 Å². The van der Waals surface area contributed by atoms with E-state index in [0.29, 0.717) is 0 Å². The fraction of sp³-hybridized carbons (Fsp3) is 0.188. The molecule has 0 saturated heterocycles. The summed E-state index contributed by atoms with van der Waals surface area (Å²) < 4.78 is 0.962. The lowest BCUT2D eigenvalue weighted by molar-refractivity contribution is 0.102. The van der Waals surface area contributed by atoms with E-state index in [-0.39, 0.29) is 5.91 Å². The molecule has 1 N–H and O–H groups in total. The van der Waals surface area contributed by atoms with Gasteiger partial charge in [0.15, 0.2) is 0 Å². The number of anilines is 1. The summed E-state index contributed by atoms with van der Waals surface area (Å²) in [7, 11) is 0. The van der Waals surface area contributed by atoms with E-state index in [1.165, 1.54) is 0 Å². The van der Waals surface area contributed by atoms with Crippen LogP contribution in [-0.2, 0) is 0 Å². The Balaban J connectivity index is 2.28. The average molecular weight is 318 g/mol. The van der Waals surface area contributed by atoms with Crippen molar-refractivity contribution in [3.05, 3.63) is 63.1 Å². The Morgan fingerprint density at radius 2 is 1.74 bits per heavy atom. The zero-order valence-electron chi connectivity index (χ0n) is 11.3. The van der Waals surface area contributed by atoms with E-state index < -0.39 is 0 Å². The average Bonchev–Trinajstić information content (AvgIpc) is 2.30. The number of halogens is 1. The standard InChI is InChI=1S/C16H16BrNO/c1-10-4-5-12(3)15(8-10)16(19)18-14-7-11(2)6-13(17)9-14/h4-9H,1-3H3,(H,18,19). The van der Waals surface area contributed by atoms with Gasteiger partial charge in [-0.3, -0.25) is 4.79 Å². The largest absolute Gasteiger partial charge is 0.322 e. The molecule has 0 bridgehead atoms. The van der Waals surface area contributed by atoms with Crippen molar-refractivity contribution in [2.45, 2.75) is 20.8 Å². The first-order valence-electron chi connectivity index (χ1n) is 6.11. The Morgan fingerprint density at radius 3 is 2.42 bits per heavy atom. The molecule has 2 nitrogen and oxygen atoms in total. The molecule has 0 saturated carbocycles. The quantitative estimate of drug-likeness (QED) is 0.859. The van der Waals surface area contributed by atoms with Crippen molar-refractivity contribution >= 4 is 27.5 Å². The van der Waals surface area contributed by atoms with E-state index in [2.05, 4.69) is 21.2 Å². The summed E-state index contributed by atoms with van der Waals surface area (Å²) in [6, 6.07) is 11.7. The first kappa shape index (κ1) is 13.8. The second-order valence-electron chi connectivity index (χ2n) is 4.79. The van der Waals surface area contributed by atoms with E-state index in [9.17, 15) is 4.79 Å². The summed E-state index contributed by atoms with van der Waals surface area (Å²) in [5.74, 6) is -0.0706. The lowest BCUT2D eigenvalue weighted by Gasteiger charge is -2.09. The molecule has 2 rings (SSSR count). The molecule has 1 amide bonds. The molecular formula is C16H16BrNO. The smallest absolute Gasteiger partial charge is 0.255 e. The summed E-state index contributed by atoms with van der Waals surface area (Å²) in [6.07, 6.45) is 0. The van der Waals surface area contributed by atoms with Gasteiger partial charge in [0.25, 0.3) is 5.91 Å². The second kappa shape index (κ2) is 5.57. The number of benzene rings is 2. The summed E-state index contributed by atoms with van der Waals surface area (Å²) >= 11 is 3.43. The van der Waals surface area contributed by atoms with Crippen LogP contribution in [0.2, 0.25) is 0 Å². The van der Waals surface area contributed by atoms with Crippen molar-refractivity contribution in [2.75, 3.05) is 5.32 Å². The van der Waals surface area contributed by atoms with Gasteiger partial charge in [-0.1, -0.05) is 33.6 Å². The molecule has 0 aliphatic rings. The minimum Gasteiger partial charge on any atom is -0.322 e. The van der Waals surface area contributed by atoms with Crippen LogP contribution in [0.15, 0.2) is 40.9 Å². The first-order chi connectivity index (χ1) is 8.95. The van der Waals surface area contributed by atoms with Gasteiger partial charge < -0.3 is 5.32 Å². The van der Waals surface area contributed by atoms with Crippen LogP contribution in [0.25, 0.3) is 0 Å². The molecule has 0 aliphatic heterocycles. The summed E-state index contributed by atoms with van der Waals surface area (Å²) in [6.45, 7) is 5.93. The maximum atomic E-state index is 12.3. The molecule has 2 aromatic carbocycles. The molecule has 2 aromatic rings. The number of carbonyl (C=O) groups excluding carboxylic acids is 1. The Labute approximate surface area is 122 Å². The SMILES string of the molecule is Cc1cc(Br)cc(NC(=O)c2cc(C)ccc2C)c1. The molecule has 0 atom stereocenters. The Bertz CT molecular complexity index is 614. The van der Waals surface area contributed by atoms with Gasteiger partial charge in [-0.15, -0.1) is 0 Å². The lowest BCUT2D eigenvalue weighted by Crippen LogP contribution is -2.13. The number of hydrogen-bond acceptors (Lipinski definition) is 1. The normalized spacial score (nSPS) is 10.3. The van der Waals surface area contributed by atoms with Gasteiger partial charge in [0, 0.05) is 15.7 Å². The highest BCUT2D eigenvalue weighted by Gasteiger charge is 2.10. The third-order valence-corrected chi connectivity index (χ3v) is 3.40. The first-order valence-corrected chi connectivity index (χ1v) is 6.91. The van der Waals surface area contributed by atoms with Crippen LogP contribution in [0, 0.1) is 20.8 Å². The van der Waals surface area contributed by atoms with Crippen molar-refractivity contribution in [3.8, 4) is 0 Å². The van der Waals surface area contributed by atoms with E-state index in [0.717, 1.165) is 32.4 Å². The van der Waals surface area contributed by atoms with E-state index >= 15 is 0 Å². The molecule has 0 radical (unpaired) electrons. The van der Waals surface area contributed by atoms with Crippen LogP contribution in [-0.4, -0.2) is 5.91 Å². The molecule has 0 spiro atoms. The van der Waals surface area contributed by atoms with Crippen molar-refractivity contribution in [1.82, 2.24) is 0 Å². The van der Waals surface area contributed by atoms with E-state index in [1.54, 1.807) is 0 Å². The molecule has 0 aromatic heterocycles. The van der Waals surface area contributed by atoms with Gasteiger partial charge >= 0.3 is 0 Å². The van der Waals surface area contributed by atoms with Crippen LogP contribution in [0.5, 0.6) is 0 Å². The number of aryl methyl sites for hydroxylation is 3. The predicted octanol–water partition coefficient (Wildman–Crippen LogP) is 4.63. The van der Waals surface area contributed by atoms with Crippen molar-refractivity contribution < 1.29 is 4.79 Å². The fourth-order valence-corrected chi connectivity index (χ4v) is 2.60. The third kappa shape index (κ3) is 3.44. The minimum atomic E-state index is -0.0706. The fourth-order valence-electron chi connectivity index (χ4n) is 1.99. The zero-order valence-corrected chi connectivity index (χ0v) is 12.8. The van der Waals surface area contributed by atoms with Crippen molar-refractivity contribution in [2.24, 2.45) is 0 Å². The third-order valence-electron chi connectivity index (χ3n) is 2.94. The summed E-state index contributed by atoms with van der Waals surface area (Å²) in [5, 5.41) is 2.94. The van der Waals surface area contributed by atoms with Crippen LogP contribution >= 0.6 is 15.9 Å². The van der Waals surface area contributed by atoms with E-state index in [4.69, 9.17) is 0 Å². The summed E-state index contributed by atoms with van der Waals surface area (Å²) in [4.78, 5) is 12.3. The zero-order chi connectivity index (χ0) is 14.0. The van der Waals surface area contributed by atoms with Crippen LogP contribution < -0.4 is 5.32 Å². The molecule has 0 heterocycles. The number of hydrogen-bond donors (Lipinski definition) is 1. The van der Waals surface area contributed by atoms with Gasteiger partial charge in [0.2, 0.25) is 0 Å². The van der Waals surface area contributed by atoms with Crippen LogP contribution in [0.4, 0.5) is 5.69 Å². The minimum absolute atomic E-state index is 0.0706. The number of nitrogens with one attached hydrogen (secondary N) is 1. The van der Waals surface area contributed by atoms with Gasteiger partial charge in [0.05, 0.1) is 0 Å². The number of carbonyl (C=O) groups is 1. The Kier molecular flexibility index (Phi) is 4.05. The molecule has 3 heteroatoms. The molecule has 0 unspecified atom stereocenters. The molecule has 98 valence electrons. The van der Waals surface area contributed by atoms with Crippen LogP contribution in [0.1, 0.15) is 27.0 Å². The second-order valence-corrected chi connectivity index (χ2v) is 5.71. The van der Waals surface area contributed by atoms with Gasteiger partial charge in [-0.05, 0) is 56.2 Å². The predicted molar refractivity (Wildman–Crippen MR) is 82.7 cm³/mol. The molecule has 19 heavy (non-hydrogen) atoms. The monoisotopic (exact) mass is 317 g/mol. The maximum Gasteiger partial charge on any atom is 0.255 e. The molecular weight excluding hydrogens is 302 g/mol. The van der Waals surface area contributed by atoms with Gasteiger partial charge in [0.1, 0.15) is 0 Å². The molecule has 0 aliphatic carbocycles. The van der Waals surface area contributed by atoms with Crippen molar-refractivity contribution in [3.63, 3.8) is 0 Å². The maximum absolute atomic E-state index is 12.3. The topological polar surface area (TPSA) is 29.1 Å². The van der Waals surface area contributed by atoms with E-state index in [1.807, 2.05) is 57.2 Å². The lowest BCUT2D eigenvalue weighted by atomic mass is 10.0. The Hall–Kier alpha value is -1.61. The van der Waals surface area contributed by atoms with Crippen LogP contribution in [0.3, 0.4) is 0 Å². The highest BCUT2D eigenvalue weighted by atomic mass is 79.9. The van der Waals surface area contributed by atoms with Gasteiger partial charge in [-0.2, -0.15) is 0 Å². The summed E-state index contributed by atoms with van der Waals surface area (Å²) in [5.41, 5.74) is 4.69. The Morgan fingerprint density at radius 1 is 1.00 bits per heavy atom. The molecule has 0 fully saturated rings. The number of amides is 1. The highest BCUT2D eigenvalue weighted by Crippen LogP contribution is 2.20.